The molecular formula is C22H19ClIN3O4S. The summed E-state index contributed by atoms with van der Waals surface area (Å²) >= 11 is 8.72. The molecule has 0 bridgehead atoms. The van der Waals surface area contributed by atoms with Crippen molar-refractivity contribution in [2.75, 3.05) is 37.6 Å². The third-order valence-corrected chi connectivity index (χ3v) is 7.21. The van der Waals surface area contributed by atoms with Crippen LogP contribution in [0.5, 0.6) is 5.75 Å². The monoisotopic (exact) mass is 583 g/mol. The first kappa shape index (κ1) is 22.9. The molecular weight excluding hydrogens is 565 g/mol. The van der Waals surface area contributed by atoms with Gasteiger partial charge in [0, 0.05) is 42.5 Å². The predicted molar refractivity (Wildman–Crippen MR) is 134 cm³/mol. The average molecular weight is 584 g/mol. The molecule has 2 aliphatic heterocycles. The van der Waals surface area contributed by atoms with Gasteiger partial charge in [-0.2, -0.15) is 0 Å². The van der Waals surface area contributed by atoms with Gasteiger partial charge >= 0.3 is 0 Å². The van der Waals surface area contributed by atoms with E-state index < -0.39 is 11.1 Å². The molecule has 2 aromatic rings. The number of carbonyl (C=O) groups is 3. The molecule has 0 saturated carbocycles. The third kappa shape index (κ3) is 4.89. The number of thioether (sulfide) groups is 1. The van der Waals surface area contributed by atoms with Crippen LogP contribution >= 0.6 is 46.0 Å². The van der Waals surface area contributed by atoms with Crippen molar-refractivity contribution >= 4 is 74.8 Å². The lowest BCUT2D eigenvalue weighted by molar-refractivity contribution is -0.136. The first-order valence-corrected chi connectivity index (χ1v) is 12.1. The quantitative estimate of drug-likeness (QED) is 0.433. The van der Waals surface area contributed by atoms with Crippen molar-refractivity contribution in [3.05, 3.63) is 61.5 Å². The number of hydrogen-bond acceptors (Lipinski definition) is 6. The van der Waals surface area contributed by atoms with Crippen LogP contribution in [0, 0.1) is 3.57 Å². The lowest BCUT2D eigenvalue weighted by Gasteiger charge is -2.36. The van der Waals surface area contributed by atoms with E-state index in [0.717, 1.165) is 22.3 Å². The maximum Gasteiger partial charge on any atom is 0.294 e. The van der Waals surface area contributed by atoms with Gasteiger partial charge in [-0.15, -0.1) is 0 Å². The number of para-hydroxylation sites is 1. The Kier molecular flexibility index (Phi) is 6.96. The number of amides is 3. The van der Waals surface area contributed by atoms with Gasteiger partial charge in [-0.05, 0) is 64.7 Å². The molecule has 2 heterocycles. The topological polar surface area (TPSA) is 81.2 Å². The highest BCUT2D eigenvalue weighted by molar-refractivity contribution is 14.1. The first-order chi connectivity index (χ1) is 15.3. The summed E-state index contributed by atoms with van der Waals surface area (Å²) in [6.45, 7) is 2.12. The summed E-state index contributed by atoms with van der Waals surface area (Å²) in [5.74, 6) is -0.832. The Balaban J connectivity index is 1.40. The van der Waals surface area contributed by atoms with Crippen LogP contribution < -0.4 is 4.90 Å². The summed E-state index contributed by atoms with van der Waals surface area (Å²) < 4.78 is 0.533. The minimum atomic E-state index is -0.550. The number of benzene rings is 2. The number of phenolic OH excluding ortho intramolecular Hbond substituents is 1. The molecule has 2 aromatic carbocycles. The predicted octanol–water partition coefficient (Wildman–Crippen LogP) is 4.04. The number of aromatic hydroxyl groups is 1. The molecule has 166 valence electrons. The molecule has 0 aromatic heterocycles. The lowest BCUT2D eigenvalue weighted by atomic mass is 10.2. The molecule has 1 N–H and O–H groups in total. The molecule has 3 amide bonds. The molecule has 2 aliphatic rings. The lowest BCUT2D eigenvalue weighted by Crippen LogP contribution is -2.51. The molecule has 10 heteroatoms. The van der Waals surface area contributed by atoms with Crippen molar-refractivity contribution in [3.63, 3.8) is 0 Å². The van der Waals surface area contributed by atoms with Crippen LogP contribution in [0.2, 0.25) is 5.02 Å². The number of hydrogen-bond donors (Lipinski definition) is 1. The van der Waals surface area contributed by atoms with E-state index in [1.807, 2.05) is 52.9 Å². The van der Waals surface area contributed by atoms with Crippen molar-refractivity contribution in [1.29, 1.82) is 0 Å². The van der Waals surface area contributed by atoms with Gasteiger partial charge in [-0.25, -0.2) is 0 Å². The van der Waals surface area contributed by atoms with Crippen LogP contribution in [-0.2, 0) is 9.59 Å². The maximum atomic E-state index is 12.8. The number of halogens is 2. The number of imide groups is 1. The van der Waals surface area contributed by atoms with Crippen molar-refractivity contribution in [2.45, 2.75) is 0 Å². The van der Waals surface area contributed by atoms with Crippen LogP contribution in [-0.4, -0.2) is 64.7 Å². The van der Waals surface area contributed by atoms with E-state index in [-0.39, 0.29) is 23.1 Å². The van der Waals surface area contributed by atoms with E-state index in [0.29, 0.717) is 40.3 Å². The second-order valence-electron chi connectivity index (χ2n) is 7.30. The summed E-state index contributed by atoms with van der Waals surface area (Å²) in [7, 11) is 0. The first-order valence-electron chi connectivity index (χ1n) is 9.84. The number of rotatable bonds is 4. The van der Waals surface area contributed by atoms with E-state index in [1.54, 1.807) is 11.0 Å². The molecule has 0 aliphatic carbocycles. The molecule has 0 unspecified atom stereocenters. The molecule has 7 nitrogen and oxygen atoms in total. The van der Waals surface area contributed by atoms with Gasteiger partial charge in [-0.3, -0.25) is 19.3 Å². The third-order valence-electron chi connectivity index (χ3n) is 5.26. The molecule has 2 saturated heterocycles. The van der Waals surface area contributed by atoms with Gasteiger partial charge < -0.3 is 14.9 Å². The minimum Gasteiger partial charge on any atom is -0.506 e. The van der Waals surface area contributed by atoms with Crippen molar-refractivity contribution in [3.8, 4) is 5.75 Å². The standard InChI is InChI=1S/C22H19ClIN3O4S/c23-15-10-14(20(29)17(24)12-15)11-18-21(30)27(22(31)32-18)13-19(28)26-8-6-25(7-9-26)16-4-2-1-3-5-16/h1-5,10-12,29H,6-9,13H2/b18-11+. The van der Waals surface area contributed by atoms with Gasteiger partial charge in [0.2, 0.25) is 5.91 Å². The summed E-state index contributed by atoms with van der Waals surface area (Å²) in [5, 5.41) is 10.1. The number of phenols is 1. The molecule has 4 rings (SSSR count). The van der Waals surface area contributed by atoms with Gasteiger partial charge in [-0.1, -0.05) is 29.8 Å². The van der Waals surface area contributed by atoms with Crippen LogP contribution in [0.3, 0.4) is 0 Å². The van der Waals surface area contributed by atoms with Gasteiger partial charge in [0.15, 0.2) is 0 Å². The smallest absolute Gasteiger partial charge is 0.294 e. The van der Waals surface area contributed by atoms with Crippen LogP contribution in [0.15, 0.2) is 47.4 Å². The number of carbonyl (C=O) groups excluding carboxylic acids is 3. The average Bonchev–Trinajstić information content (AvgIpc) is 3.05. The van der Waals surface area contributed by atoms with E-state index in [2.05, 4.69) is 4.90 Å². The van der Waals surface area contributed by atoms with Crippen LogP contribution in [0.1, 0.15) is 5.56 Å². The molecule has 0 radical (unpaired) electrons. The van der Waals surface area contributed by atoms with Crippen molar-refractivity contribution < 1.29 is 19.5 Å². The van der Waals surface area contributed by atoms with E-state index in [9.17, 15) is 19.5 Å². The van der Waals surface area contributed by atoms with Crippen molar-refractivity contribution in [2.24, 2.45) is 0 Å². The maximum absolute atomic E-state index is 12.8. The molecule has 0 spiro atoms. The largest absolute Gasteiger partial charge is 0.506 e. The van der Waals surface area contributed by atoms with Gasteiger partial charge in [0.05, 0.1) is 8.48 Å². The fourth-order valence-corrected chi connectivity index (χ4v) is 5.45. The van der Waals surface area contributed by atoms with E-state index in [1.165, 1.54) is 12.1 Å². The Bertz CT molecular complexity index is 1100. The molecule has 2 fully saturated rings. The fraction of sp³-hybridized carbons (Fsp3) is 0.227. The SMILES string of the molecule is O=C(CN1C(=O)S/C(=C/c2cc(Cl)cc(I)c2O)C1=O)N1CCN(c2ccccc2)CC1. The van der Waals surface area contributed by atoms with E-state index >= 15 is 0 Å². The summed E-state index contributed by atoms with van der Waals surface area (Å²) in [6.07, 6.45) is 1.43. The zero-order chi connectivity index (χ0) is 22.8. The van der Waals surface area contributed by atoms with Gasteiger partial charge in [0.25, 0.3) is 11.1 Å². The van der Waals surface area contributed by atoms with Crippen LogP contribution in [0.4, 0.5) is 10.5 Å². The Labute approximate surface area is 208 Å². The highest BCUT2D eigenvalue weighted by Gasteiger charge is 2.37. The summed E-state index contributed by atoms with van der Waals surface area (Å²) in [5.41, 5.74) is 1.45. The number of nitrogens with zero attached hydrogens (tertiary/aromatic N) is 3. The fourth-order valence-electron chi connectivity index (χ4n) is 3.56. The zero-order valence-corrected chi connectivity index (χ0v) is 20.6. The van der Waals surface area contributed by atoms with Gasteiger partial charge in [0.1, 0.15) is 12.3 Å². The Morgan fingerprint density at radius 2 is 1.81 bits per heavy atom. The molecule has 0 atom stereocenters. The minimum absolute atomic E-state index is 0.0193. The Hall–Kier alpha value is -2.24. The highest BCUT2D eigenvalue weighted by Crippen LogP contribution is 2.36. The Morgan fingerprint density at radius 3 is 2.50 bits per heavy atom. The number of anilines is 1. The van der Waals surface area contributed by atoms with E-state index in [4.69, 9.17) is 11.6 Å². The Morgan fingerprint density at radius 1 is 1.12 bits per heavy atom. The zero-order valence-electron chi connectivity index (χ0n) is 16.8. The van der Waals surface area contributed by atoms with Crippen molar-refractivity contribution in [1.82, 2.24) is 9.80 Å². The summed E-state index contributed by atoms with van der Waals surface area (Å²) in [6, 6.07) is 13.1. The second kappa shape index (κ2) is 9.72. The molecule has 32 heavy (non-hydrogen) atoms. The number of piperazine rings is 1. The normalized spacial score (nSPS) is 18.1. The second-order valence-corrected chi connectivity index (χ2v) is 9.89. The highest BCUT2D eigenvalue weighted by atomic mass is 127. The van der Waals surface area contributed by atoms with Crippen LogP contribution in [0.25, 0.3) is 6.08 Å². The summed E-state index contributed by atoms with van der Waals surface area (Å²) in [4.78, 5) is 42.9.